The summed E-state index contributed by atoms with van der Waals surface area (Å²) in [5, 5.41) is 9.52. The number of hydrogen-bond acceptors (Lipinski definition) is 2. The van der Waals surface area contributed by atoms with Gasteiger partial charge in [0.1, 0.15) is 11.6 Å². The van der Waals surface area contributed by atoms with Gasteiger partial charge in [0.2, 0.25) is 0 Å². The average Bonchev–Trinajstić information content (AvgIpc) is 2.58. The third kappa shape index (κ3) is 2.09. The van der Waals surface area contributed by atoms with Crippen molar-refractivity contribution in [3.8, 4) is 16.2 Å². The van der Waals surface area contributed by atoms with Gasteiger partial charge < -0.3 is 5.11 Å². The van der Waals surface area contributed by atoms with Gasteiger partial charge >= 0.3 is 0 Å². The van der Waals surface area contributed by atoms with Crippen molar-refractivity contribution in [2.75, 3.05) is 0 Å². The molecule has 0 aliphatic heterocycles. The minimum atomic E-state index is -0.638. The number of aromatic hydroxyl groups is 1. The third-order valence-corrected chi connectivity index (χ3v) is 3.43. The molecular weight excluding hydrogens is 258 g/mol. The number of halogens is 3. The standard InChI is InChI=1S/C10H5Cl2FOS/c11-6-3-5(8(14)4-7(6)13)9-1-2-10(12)15-9/h1-4,14H. The van der Waals surface area contributed by atoms with Crippen LogP contribution in [-0.4, -0.2) is 5.11 Å². The van der Waals surface area contributed by atoms with E-state index in [2.05, 4.69) is 0 Å². The van der Waals surface area contributed by atoms with Crippen LogP contribution in [0.4, 0.5) is 4.39 Å². The Morgan fingerprint density at radius 2 is 1.93 bits per heavy atom. The van der Waals surface area contributed by atoms with Crippen molar-refractivity contribution < 1.29 is 9.50 Å². The molecule has 0 saturated heterocycles. The lowest BCUT2D eigenvalue weighted by molar-refractivity contribution is 0.471. The molecule has 1 heterocycles. The minimum Gasteiger partial charge on any atom is -0.507 e. The van der Waals surface area contributed by atoms with Gasteiger partial charge in [-0.25, -0.2) is 4.39 Å². The fourth-order valence-corrected chi connectivity index (χ4v) is 2.42. The summed E-state index contributed by atoms with van der Waals surface area (Å²) in [5.74, 6) is -0.781. The highest BCUT2D eigenvalue weighted by molar-refractivity contribution is 7.19. The largest absolute Gasteiger partial charge is 0.507 e. The van der Waals surface area contributed by atoms with Crippen LogP contribution in [0.2, 0.25) is 9.36 Å². The molecule has 0 spiro atoms. The Hall–Kier alpha value is -0.770. The van der Waals surface area contributed by atoms with Crippen LogP contribution in [0, 0.1) is 5.82 Å². The highest BCUT2D eigenvalue weighted by Gasteiger charge is 2.11. The van der Waals surface area contributed by atoms with E-state index >= 15 is 0 Å². The summed E-state index contributed by atoms with van der Waals surface area (Å²) >= 11 is 12.7. The topological polar surface area (TPSA) is 20.2 Å². The maximum absolute atomic E-state index is 13.0. The molecule has 0 atom stereocenters. The maximum atomic E-state index is 13.0. The monoisotopic (exact) mass is 262 g/mol. The number of hydrogen-bond donors (Lipinski definition) is 1. The highest BCUT2D eigenvalue weighted by Crippen LogP contribution is 2.38. The summed E-state index contributed by atoms with van der Waals surface area (Å²) in [6, 6.07) is 5.83. The SMILES string of the molecule is Oc1cc(F)c(Cl)cc1-c1ccc(Cl)s1. The predicted octanol–water partition coefficient (Wildman–Crippen LogP) is 4.57. The predicted molar refractivity (Wildman–Crippen MR) is 61.4 cm³/mol. The van der Waals surface area contributed by atoms with E-state index < -0.39 is 5.82 Å². The Morgan fingerprint density at radius 3 is 2.53 bits per heavy atom. The molecule has 2 rings (SSSR count). The lowest BCUT2D eigenvalue weighted by atomic mass is 10.1. The smallest absolute Gasteiger partial charge is 0.145 e. The summed E-state index contributed by atoms with van der Waals surface area (Å²) in [5.41, 5.74) is 0.485. The Bertz CT molecular complexity index is 510. The van der Waals surface area contributed by atoms with Crippen molar-refractivity contribution >= 4 is 34.5 Å². The highest BCUT2D eigenvalue weighted by atomic mass is 35.5. The third-order valence-electron chi connectivity index (χ3n) is 1.88. The van der Waals surface area contributed by atoms with Gasteiger partial charge in [-0.1, -0.05) is 23.2 Å². The van der Waals surface area contributed by atoms with Crippen LogP contribution < -0.4 is 0 Å². The number of rotatable bonds is 1. The second-order valence-corrected chi connectivity index (χ2v) is 5.01. The van der Waals surface area contributed by atoms with Crippen molar-refractivity contribution in [2.45, 2.75) is 0 Å². The van der Waals surface area contributed by atoms with Crippen molar-refractivity contribution in [1.82, 2.24) is 0 Å². The lowest BCUT2D eigenvalue weighted by Crippen LogP contribution is -1.80. The molecule has 2 aromatic rings. The number of phenolic OH excluding ortho intramolecular Hbond substituents is 1. The maximum Gasteiger partial charge on any atom is 0.145 e. The van der Waals surface area contributed by atoms with Gasteiger partial charge in [-0.15, -0.1) is 11.3 Å². The Labute approximate surface area is 99.7 Å². The molecule has 0 radical (unpaired) electrons. The number of phenols is 1. The van der Waals surface area contributed by atoms with Crippen molar-refractivity contribution in [3.63, 3.8) is 0 Å². The second kappa shape index (κ2) is 4.00. The Balaban J connectivity index is 2.58. The van der Waals surface area contributed by atoms with E-state index in [1.165, 1.54) is 17.4 Å². The number of thiophene rings is 1. The normalized spacial score (nSPS) is 10.6. The first-order valence-electron chi connectivity index (χ1n) is 4.01. The van der Waals surface area contributed by atoms with E-state index in [1.807, 2.05) is 0 Å². The van der Waals surface area contributed by atoms with Gasteiger partial charge in [0, 0.05) is 16.5 Å². The lowest BCUT2D eigenvalue weighted by Gasteiger charge is -2.03. The zero-order valence-electron chi connectivity index (χ0n) is 7.30. The quantitative estimate of drug-likeness (QED) is 0.799. The van der Waals surface area contributed by atoms with Crippen molar-refractivity contribution in [3.05, 3.63) is 39.4 Å². The molecule has 1 nitrogen and oxygen atoms in total. The van der Waals surface area contributed by atoms with Gasteiger partial charge in [0.05, 0.1) is 9.36 Å². The summed E-state index contributed by atoms with van der Waals surface area (Å²) in [6.07, 6.45) is 0. The molecule has 0 aliphatic carbocycles. The first-order valence-corrected chi connectivity index (χ1v) is 5.59. The van der Waals surface area contributed by atoms with Crippen LogP contribution >= 0.6 is 34.5 Å². The molecule has 0 aliphatic rings. The first kappa shape index (κ1) is 10.7. The molecule has 0 fully saturated rings. The zero-order chi connectivity index (χ0) is 11.0. The summed E-state index contributed by atoms with van der Waals surface area (Å²) in [7, 11) is 0. The van der Waals surface area contributed by atoms with E-state index in [0.717, 1.165) is 10.9 Å². The van der Waals surface area contributed by atoms with Crippen LogP contribution in [0.5, 0.6) is 5.75 Å². The molecule has 5 heteroatoms. The molecule has 0 amide bonds. The summed E-state index contributed by atoms with van der Waals surface area (Å²) in [4.78, 5) is 0.749. The van der Waals surface area contributed by atoms with E-state index in [4.69, 9.17) is 23.2 Å². The minimum absolute atomic E-state index is 0.0210. The second-order valence-electron chi connectivity index (χ2n) is 2.89. The van der Waals surface area contributed by atoms with Crippen molar-refractivity contribution in [1.29, 1.82) is 0 Å². The molecular formula is C10H5Cl2FOS. The fourth-order valence-electron chi connectivity index (χ4n) is 1.19. The van der Waals surface area contributed by atoms with Gasteiger partial charge in [0.25, 0.3) is 0 Å². The van der Waals surface area contributed by atoms with Crippen LogP contribution in [-0.2, 0) is 0 Å². The van der Waals surface area contributed by atoms with E-state index in [9.17, 15) is 9.50 Å². The van der Waals surface area contributed by atoms with Crippen LogP contribution in [0.25, 0.3) is 10.4 Å². The van der Waals surface area contributed by atoms with Gasteiger partial charge in [-0.3, -0.25) is 0 Å². The number of benzene rings is 1. The van der Waals surface area contributed by atoms with Crippen LogP contribution in [0.1, 0.15) is 0 Å². The molecule has 0 saturated carbocycles. The average molecular weight is 263 g/mol. The van der Waals surface area contributed by atoms with Crippen LogP contribution in [0.15, 0.2) is 24.3 Å². The molecule has 1 N–H and O–H groups in total. The van der Waals surface area contributed by atoms with Crippen LogP contribution in [0.3, 0.4) is 0 Å². The molecule has 78 valence electrons. The van der Waals surface area contributed by atoms with Gasteiger partial charge in [-0.05, 0) is 18.2 Å². The molecule has 0 unspecified atom stereocenters. The van der Waals surface area contributed by atoms with E-state index in [-0.39, 0.29) is 10.8 Å². The Morgan fingerprint density at radius 1 is 1.20 bits per heavy atom. The van der Waals surface area contributed by atoms with Gasteiger partial charge in [-0.2, -0.15) is 0 Å². The van der Waals surface area contributed by atoms with E-state index in [1.54, 1.807) is 12.1 Å². The van der Waals surface area contributed by atoms with Gasteiger partial charge in [0.15, 0.2) is 0 Å². The summed E-state index contributed by atoms with van der Waals surface area (Å²) in [6.45, 7) is 0. The van der Waals surface area contributed by atoms with Crippen molar-refractivity contribution in [2.24, 2.45) is 0 Å². The van der Waals surface area contributed by atoms with E-state index in [0.29, 0.717) is 9.90 Å². The zero-order valence-corrected chi connectivity index (χ0v) is 9.63. The fraction of sp³-hybridized carbons (Fsp3) is 0. The first-order chi connectivity index (χ1) is 7.08. The molecule has 1 aromatic heterocycles. The molecule has 0 bridgehead atoms. The molecule has 1 aromatic carbocycles. The summed E-state index contributed by atoms with van der Waals surface area (Å²) < 4.78 is 13.6. The Kier molecular flexibility index (Phi) is 2.87. The molecule has 15 heavy (non-hydrogen) atoms.